The number of hydrogen-bond donors (Lipinski definition) is 0. The van der Waals surface area contributed by atoms with E-state index in [1.165, 1.54) is 19.1 Å². The number of carbonyl (C=O) groups is 1. The van der Waals surface area contributed by atoms with Crippen LogP contribution in [0.4, 0.5) is 13.2 Å². The molecule has 1 aromatic rings. The van der Waals surface area contributed by atoms with Crippen molar-refractivity contribution in [1.29, 1.82) is 0 Å². The Kier molecular flexibility index (Phi) is 4.61. The van der Waals surface area contributed by atoms with Gasteiger partial charge in [-0.2, -0.15) is 13.2 Å². The molecule has 0 aliphatic carbocycles. The monoisotopic (exact) mass is 328 g/mol. The second kappa shape index (κ2) is 5.40. The van der Waals surface area contributed by atoms with Gasteiger partial charge in [0.25, 0.3) is 0 Å². The number of rotatable bonds is 3. The van der Waals surface area contributed by atoms with Gasteiger partial charge in [0.1, 0.15) is 5.78 Å². The molecule has 0 heterocycles. The largest absolute Gasteiger partial charge is 0.416 e. The van der Waals surface area contributed by atoms with Crippen molar-refractivity contribution >= 4 is 33.3 Å². The summed E-state index contributed by atoms with van der Waals surface area (Å²) in [5.74, 6) is -0.215. The van der Waals surface area contributed by atoms with Gasteiger partial charge < -0.3 is 0 Å². The van der Waals surface area contributed by atoms with Crippen LogP contribution < -0.4 is 0 Å². The van der Waals surface area contributed by atoms with E-state index in [0.29, 0.717) is 0 Å². The molecule has 1 aromatic carbocycles. The number of alkyl halides is 4. The lowest BCUT2D eigenvalue weighted by Gasteiger charge is -2.14. The summed E-state index contributed by atoms with van der Waals surface area (Å²) in [5, 5.41) is 0.0232. The molecule has 0 spiro atoms. The topological polar surface area (TPSA) is 17.1 Å². The number of hydrogen-bond acceptors (Lipinski definition) is 1. The summed E-state index contributed by atoms with van der Waals surface area (Å²) in [5.41, 5.74) is -0.741. The molecule has 1 rings (SSSR count). The Hall–Kier alpha value is -0.550. The van der Waals surface area contributed by atoms with Crippen LogP contribution in [0.3, 0.4) is 0 Å². The van der Waals surface area contributed by atoms with Crippen molar-refractivity contribution in [1.82, 2.24) is 0 Å². The van der Waals surface area contributed by atoms with Gasteiger partial charge in [0.15, 0.2) is 0 Å². The minimum absolute atomic E-state index is 0.0126. The third-order valence-corrected chi connectivity index (χ3v) is 3.42. The van der Waals surface area contributed by atoms with Crippen LogP contribution in [-0.4, -0.2) is 10.6 Å². The second-order valence-electron chi connectivity index (χ2n) is 3.58. The first-order chi connectivity index (χ1) is 7.71. The molecule has 0 N–H and O–H groups in total. The predicted molar refractivity (Wildman–Crippen MR) is 63.6 cm³/mol. The molecule has 1 unspecified atom stereocenters. The summed E-state index contributed by atoms with van der Waals surface area (Å²) in [6.07, 6.45) is -4.48. The highest BCUT2D eigenvalue weighted by Crippen LogP contribution is 2.34. The van der Waals surface area contributed by atoms with E-state index in [0.717, 1.165) is 6.07 Å². The van der Waals surface area contributed by atoms with E-state index in [1.807, 2.05) is 0 Å². The van der Waals surface area contributed by atoms with E-state index in [2.05, 4.69) is 15.9 Å². The molecule has 17 heavy (non-hydrogen) atoms. The molecule has 0 aliphatic heterocycles. The van der Waals surface area contributed by atoms with E-state index < -0.39 is 16.6 Å². The highest BCUT2D eigenvalue weighted by Gasteiger charge is 2.34. The number of halogens is 5. The molecular weight excluding hydrogens is 320 g/mol. The summed E-state index contributed by atoms with van der Waals surface area (Å²) in [6.45, 7) is 1.32. The van der Waals surface area contributed by atoms with Gasteiger partial charge in [0.2, 0.25) is 0 Å². The number of carbonyl (C=O) groups excluding carboxylic acids is 1. The predicted octanol–water partition coefficient (Wildman–Crippen LogP) is 4.25. The Morgan fingerprint density at radius 2 is 2.06 bits per heavy atom. The van der Waals surface area contributed by atoms with Crippen LogP contribution in [0, 0.1) is 0 Å². The SMILES string of the molecule is CC(=O)C(Br)Cc1ccc(Cl)cc1C(F)(F)F. The molecule has 1 atom stereocenters. The molecule has 6 heteroatoms. The standard InChI is InChI=1S/C11H9BrClF3O/c1-6(17)10(12)4-7-2-3-8(13)5-9(7)11(14,15)16/h2-3,5,10H,4H2,1H3. The van der Waals surface area contributed by atoms with Crippen molar-refractivity contribution in [2.45, 2.75) is 24.3 Å². The maximum absolute atomic E-state index is 12.7. The molecular formula is C11H9BrClF3O. The van der Waals surface area contributed by atoms with Gasteiger partial charge in [-0.3, -0.25) is 4.79 Å². The first-order valence-electron chi connectivity index (χ1n) is 4.72. The summed E-state index contributed by atoms with van der Waals surface area (Å²) < 4.78 is 38.2. The van der Waals surface area contributed by atoms with Crippen LogP contribution in [0.25, 0.3) is 0 Å². The van der Waals surface area contributed by atoms with Gasteiger partial charge >= 0.3 is 6.18 Å². The zero-order valence-electron chi connectivity index (χ0n) is 8.81. The molecule has 0 amide bonds. The third-order valence-electron chi connectivity index (χ3n) is 2.22. The maximum atomic E-state index is 12.7. The van der Waals surface area contributed by atoms with Gasteiger partial charge in [0, 0.05) is 5.02 Å². The molecule has 0 aromatic heterocycles. The minimum atomic E-state index is -4.47. The van der Waals surface area contributed by atoms with Crippen molar-refractivity contribution in [3.8, 4) is 0 Å². The van der Waals surface area contributed by atoms with Gasteiger partial charge in [-0.25, -0.2) is 0 Å². The van der Waals surface area contributed by atoms with Crippen molar-refractivity contribution in [2.75, 3.05) is 0 Å². The smallest absolute Gasteiger partial charge is 0.299 e. The van der Waals surface area contributed by atoms with Crippen molar-refractivity contribution in [3.63, 3.8) is 0 Å². The molecule has 0 radical (unpaired) electrons. The van der Waals surface area contributed by atoms with Crippen molar-refractivity contribution in [3.05, 3.63) is 34.3 Å². The third kappa shape index (κ3) is 4.00. The quantitative estimate of drug-likeness (QED) is 0.758. The molecule has 94 valence electrons. The Morgan fingerprint density at radius 1 is 1.47 bits per heavy atom. The lowest BCUT2D eigenvalue weighted by atomic mass is 10.0. The summed E-state index contributed by atoms with van der Waals surface area (Å²) in [6, 6.07) is 3.55. The average molecular weight is 330 g/mol. The second-order valence-corrected chi connectivity index (χ2v) is 5.12. The van der Waals surface area contributed by atoms with Crippen LogP contribution in [0.1, 0.15) is 18.1 Å². The van der Waals surface area contributed by atoms with Crippen LogP contribution in [0.2, 0.25) is 5.02 Å². The first kappa shape index (κ1) is 14.5. The van der Waals surface area contributed by atoms with Crippen molar-refractivity contribution < 1.29 is 18.0 Å². The van der Waals surface area contributed by atoms with E-state index in [4.69, 9.17) is 11.6 Å². The van der Waals surface area contributed by atoms with Gasteiger partial charge in [-0.1, -0.05) is 33.6 Å². The van der Waals surface area contributed by atoms with E-state index in [-0.39, 0.29) is 22.8 Å². The zero-order chi connectivity index (χ0) is 13.2. The lowest BCUT2D eigenvalue weighted by molar-refractivity contribution is -0.138. The fourth-order valence-corrected chi connectivity index (χ4v) is 1.85. The summed E-state index contributed by atoms with van der Waals surface area (Å²) >= 11 is 8.59. The van der Waals surface area contributed by atoms with E-state index in [1.54, 1.807) is 0 Å². The van der Waals surface area contributed by atoms with Gasteiger partial charge in [-0.15, -0.1) is 0 Å². The van der Waals surface area contributed by atoms with Crippen LogP contribution >= 0.6 is 27.5 Å². The van der Waals surface area contributed by atoms with Crippen LogP contribution in [-0.2, 0) is 17.4 Å². The molecule has 0 aliphatic rings. The average Bonchev–Trinajstić information content (AvgIpc) is 2.18. The van der Waals surface area contributed by atoms with Crippen LogP contribution in [0.5, 0.6) is 0 Å². The lowest BCUT2D eigenvalue weighted by Crippen LogP contribution is -2.17. The minimum Gasteiger partial charge on any atom is -0.299 e. The van der Waals surface area contributed by atoms with Gasteiger partial charge in [0.05, 0.1) is 10.4 Å². The highest BCUT2D eigenvalue weighted by atomic mass is 79.9. The Morgan fingerprint density at radius 3 is 2.53 bits per heavy atom. The summed E-state index contributed by atoms with van der Waals surface area (Å²) in [4.78, 5) is 10.4. The number of benzene rings is 1. The Bertz CT molecular complexity index is 431. The zero-order valence-corrected chi connectivity index (χ0v) is 11.2. The Labute approximate surface area is 110 Å². The van der Waals surface area contributed by atoms with Crippen LogP contribution in [0.15, 0.2) is 18.2 Å². The summed E-state index contributed by atoms with van der Waals surface area (Å²) in [7, 11) is 0. The molecule has 0 saturated heterocycles. The fraction of sp³-hybridized carbons (Fsp3) is 0.364. The maximum Gasteiger partial charge on any atom is 0.416 e. The fourth-order valence-electron chi connectivity index (χ4n) is 1.33. The Balaban J connectivity index is 3.11. The van der Waals surface area contributed by atoms with E-state index in [9.17, 15) is 18.0 Å². The molecule has 0 fully saturated rings. The highest BCUT2D eigenvalue weighted by molar-refractivity contribution is 9.10. The molecule has 0 saturated carbocycles. The van der Waals surface area contributed by atoms with Crippen molar-refractivity contribution in [2.24, 2.45) is 0 Å². The van der Waals surface area contributed by atoms with E-state index >= 15 is 0 Å². The normalized spacial score (nSPS) is 13.5. The van der Waals surface area contributed by atoms with Gasteiger partial charge in [-0.05, 0) is 31.0 Å². The molecule has 0 bridgehead atoms. The first-order valence-corrected chi connectivity index (χ1v) is 6.01. The number of ketones is 1. The number of Topliss-reactive ketones (excluding diaryl/α,β-unsaturated/α-hetero) is 1. The molecule has 1 nitrogen and oxygen atoms in total.